The molecule has 0 saturated heterocycles. The lowest BCUT2D eigenvalue weighted by Crippen LogP contribution is -2.22. The third-order valence-corrected chi connectivity index (χ3v) is 5.57. The van der Waals surface area contributed by atoms with Crippen LogP contribution < -0.4 is 14.4 Å². The Morgan fingerprint density at radius 2 is 1.71 bits per heavy atom. The molecule has 34 heavy (non-hydrogen) atoms. The van der Waals surface area contributed by atoms with Gasteiger partial charge in [0.1, 0.15) is 36.2 Å². The Kier molecular flexibility index (Phi) is 7.01. The molecular formula is C27H29F2N3O2. The highest BCUT2D eigenvalue weighted by Crippen LogP contribution is 2.41. The Hall–Kier alpha value is -3.61. The maximum Gasteiger partial charge on any atom is 0.201 e. The van der Waals surface area contributed by atoms with Crippen molar-refractivity contribution < 1.29 is 18.3 Å². The van der Waals surface area contributed by atoms with Crippen LogP contribution in [0.5, 0.6) is 11.5 Å². The molecule has 0 bridgehead atoms. The van der Waals surface area contributed by atoms with Crippen molar-refractivity contribution in [2.24, 2.45) is 0 Å². The van der Waals surface area contributed by atoms with Crippen molar-refractivity contribution in [3.05, 3.63) is 71.9 Å². The summed E-state index contributed by atoms with van der Waals surface area (Å²) in [5.41, 5.74) is 2.69. The number of ether oxygens (including phenoxy) is 2. The summed E-state index contributed by atoms with van der Waals surface area (Å²) in [7, 11) is 0. The predicted octanol–water partition coefficient (Wildman–Crippen LogP) is 6.93. The normalized spacial score (nSPS) is 12.3. The van der Waals surface area contributed by atoms with E-state index in [1.807, 2.05) is 56.9 Å². The van der Waals surface area contributed by atoms with Crippen molar-refractivity contribution >= 4 is 17.2 Å². The molecule has 0 N–H and O–H groups in total. The molecule has 1 aliphatic rings. The topological polar surface area (TPSA) is 39.0 Å². The quantitative estimate of drug-likeness (QED) is 0.300. The van der Waals surface area contributed by atoms with Crippen LogP contribution in [0.25, 0.3) is 16.9 Å². The van der Waals surface area contributed by atoms with Gasteiger partial charge in [0.05, 0.1) is 0 Å². The average Bonchev–Trinajstić information content (AvgIpc) is 3.23. The second-order valence-electron chi connectivity index (χ2n) is 7.74. The van der Waals surface area contributed by atoms with Crippen LogP contribution in [-0.4, -0.2) is 29.1 Å². The van der Waals surface area contributed by atoms with E-state index in [-0.39, 0.29) is 0 Å². The molecule has 3 heterocycles. The zero-order chi connectivity index (χ0) is 24.2. The number of nitrogens with zero attached hydrogens (tertiary/aromatic N) is 3. The molecule has 7 heteroatoms. The number of aryl methyl sites for hydroxylation is 1. The van der Waals surface area contributed by atoms with Crippen LogP contribution in [0.1, 0.15) is 32.8 Å². The summed E-state index contributed by atoms with van der Waals surface area (Å²) in [6.07, 6.45) is 0.784. The van der Waals surface area contributed by atoms with Gasteiger partial charge in [-0.15, -0.1) is 0 Å². The molecule has 5 rings (SSSR count). The van der Waals surface area contributed by atoms with Gasteiger partial charge in [0.25, 0.3) is 0 Å². The molecule has 5 nitrogen and oxygen atoms in total. The highest BCUT2D eigenvalue weighted by molar-refractivity contribution is 5.83. The van der Waals surface area contributed by atoms with Crippen molar-refractivity contribution in [3.8, 4) is 22.8 Å². The molecule has 0 radical (unpaired) electrons. The maximum absolute atomic E-state index is 15.1. The summed E-state index contributed by atoms with van der Waals surface area (Å²) in [5.74, 6) is 0.918. The number of halogens is 2. The number of imidazole rings is 1. The molecule has 0 amide bonds. The Bertz CT molecular complexity index is 1280. The first kappa shape index (κ1) is 23.5. The molecule has 0 spiro atoms. The number of pyridine rings is 1. The summed E-state index contributed by atoms with van der Waals surface area (Å²) >= 11 is 0. The summed E-state index contributed by atoms with van der Waals surface area (Å²) in [5, 5.41) is 0. The van der Waals surface area contributed by atoms with Crippen LogP contribution in [0.3, 0.4) is 0 Å². The lowest BCUT2D eigenvalue weighted by atomic mass is 10.0. The smallest absolute Gasteiger partial charge is 0.201 e. The second-order valence-corrected chi connectivity index (χ2v) is 7.74. The number of benzene rings is 2. The molecule has 0 saturated carbocycles. The number of aromatic nitrogens is 2. The average molecular weight is 466 g/mol. The molecule has 0 atom stereocenters. The van der Waals surface area contributed by atoms with Gasteiger partial charge in [-0.1, -0.05) is 39.0 Å². The van der Waals surface area contributed by atoms with Crippen LogP contribution >= 0.6 is 0 Å². The largest absolute Gasteiger partial charge is 0.486 e. The molecule has 2 aromatic carbocycles. The SMILES string of the molecule is CC.CCCN(c1ccc2c(c1)OCCO2)c1c(-c2c(C)cccc2F)nc2cccc(F)n12. The van der Waals surface area contributed by atoms with Gasteiger partial charge in [0.15, 0.2) is 11.5 Å². The van der Waals surface area contributed by atoms with Crippen LogP contribution in [0, 0.1) is 18.7 Å². The van der Waals surface area contributed by atoms with Gasteiger partial charge in [0, 0.05) is 23.9 Å². The van der Waals surface area contributed by atoms with Gasteiger partial charge in [-0.25, -0.2) is 9.37 Å². The van der Waals surface area contributed by atoms with E-state index in [9.17, 15) is 0 Å². The highest BCUT2D eigenvalue weighted by Gasteiger charge is 2.26. The summed E-state index contributed by atoms with van der Waals surface area (Å²) in [6.45, 7) is 9.41. The first-order valence-corrected chi connectivity index (χ1v) is 11.7. The van der Waals surface area contributed by atoms with E-state index >= 15 is 8.78 Å². The van der Waals surface area contributed by atoms with E-state index in [1.54, 1.807) is 18.2 Å². The van der Waals surface area contributed by atoms with Gasteiger partial charge in [-0.05, 0) is 49.2 Å². The lowest BCUT2D eigenvalue weighted by molar-refractivity contribution is 0.171. The van der Waals surface area contributed by atoms with Gasteiger partial charge >= 0.3 is 0 Å². The van der Waals surface area contributed by atoms with Crippen LogP contribution in [0.15, 0.2) is 54.6 Å². The van der Waals surface area contributed by atoms with Gasteiger partial charge in [-0.2, -0.15) is 4.39 Å². The molecule has 0 aliphatic carbocycles. The fourth-order valence-electron chi connectivity index (χ4n) is 4.17. The third-order valence-electron chi connectivity index (χ3n) is 5.57. The van der Waals surface area contributed by atoms with Gasteiger partial charge in [0.2, 0.25) is 5.95 Å². The van der Waals surface area contributed by atoms with E-state index in [2.05, 4.69) is 4.98 Å². The first-order chi connectivity index (χ1) is 16.6. The Morgan fingerprint density at radius 1 is 0.971 bits per heavy atom. The van der Waals surface area contributed by atoms with Crippen molar-refractivity contribution in [2.45, 2.75) is 34.1 Å². The minimum Gasteiger partial charge on any atom is -0.486 e. The fraction of sp³-hybridized carbons (Fsp3) is 0.296. The van der Waals surface area contributed by atoms with E-state index in [4.69, 9.17) is 9.47 Å². The van der Waals surface area contributed by atoms with Crippen molar-refractivity contribution in [3.63, 3.8) is 0 Å². The van der Waals surface area contributed by atoms with E-state index in [0.29, 0.717) is 54.0 Å². The third kappa shape index (κ3) is 4.18. The predicted molar refractivity (Wildman–Crippen MR) is 131 cm³/mol. The first-order valence-electron chi connectivity index (χ1n) is 11.7. The summed E-state index contributed by atoms with van der Waals surface area (Å²) < 4.78 is 43.0. The summed E-state index contributed by atoms with van der Waals surface area (Å²) in [6, 6.07) is 15.2. The van der Waals surface area contributed by atoms with E-state index in [1.165, 1.54) is 16.5 Å². The molecule has 1 aliphatic heterocycles. The number of rotatable bonds is 5. The maximum atomic E-state index is 15.1. The van der Waals surface area contributed by atoms with Crippen LogP contribution in [0.2, 0.25) is 0 Å². The molecule has 2 aromatic heterocycles. The van der Waals surface area contributed by atoms with Crippen LogP contribution in [0.4, 0.5) is 20.3 Å². The minimum absolute atomic E-state index is 0.365. The van der Waals surface area contributed by atoms with Crippen LogP contribution in [-0.2, 0) is 0 Å². The van der Waals surface area contributed by atoms with Crippen molar-refractivity contribution in [1.82, 2.24) is 9.38 Å². The standard InChI is InChI=1S/C25H23F2N3O2.C2H6/c1-3-12-29(17-10-11-19-20(15-17)32-14-13-31-19)25-24(23-16(2)6-4-7-18(23)26)28-22-9-5-8-21(27)30(22)25;1-2/h4-11,15H,3,12-14H2,1-2H3;1-2H3. The molecular weight excluding hydrogens is 436 g/mol. The molecule has 4 aromatic rings. The fourth-order valence-corrected chi connectivity index (χ4v) is 4.17. The van der Waals surface area contributed by atoms with Crippen molar-refractivity contribution in [1.29, 1.82) is 0 Å². The van der Waals surface area contributed by atoms with Gasteiger partial charge < -0.3 is 14.4 Å². The minimum atomic E-state index is -0.469. The lowest BCUT2D eigenvalue weighted by Gasteiger charge is -2.27. The Balaban J connectivity index is 0.00000133. The van der Waals surface area contributed by atoms with Crippen molar-refractivity contribution in [2.75, 3.05) is 24.7 Å². The molecule has 0 unspecified atom stereocenters. The highest BCUT2D eigenvalue weighted by atomic mass is 19.1. The van der Waals surface area contributed by atoms with E-state index in [0.717, 1.165) is 17.7 Å². The molecule has 178 valence electrons. The summed E-state index contributed by atoms with van der Waals surface area (Å²) in [4.78, 5) is 6.63. The zero-order valence-corrected chi connectivity index (χ0v) is 19.9. The van der Waals surface area contributed by atoms with E-state index < -0.39 is 11.8 Å². The Morgan fingerprint density at radius 3 is 2.44 bits per heavy atom. The van der Waals surface area contributed by atoms with Gasteiger partial charge in [-0.3, -0.25) is 4.40 Å². The monoisotopic (exact) mass is 465 g/mol. The Labute approximate surface area is 198 Å². The second kappa shape index (κ2) is 10.1. The number of hydrogen-bond acceptors (Lipinski definition) is 4. The number of hydrogen-bond donors (Lipinski definition) is 0. The number of fused-ring (bicyclic) bond motifs is 2. The zero-order valence-electron chi connectivity index (χ0n) is 19.9. The number of anilines is 2. The molecule has 0 fully saturated rings.